The molecule has 0 saturated carbocycles. The first-order valence-electron chi connectivity index (χ1n) is 8.35. The Morgan fingerprint density at radius 1 is 1.17 bits per heavy atom. The van der Waals surface area contributed by atoms with Crippen molar-refractivity contribution in [2.75, 3.05) is 6.54 Å². The molecule has 0 spiro atoms. The fraction of sp³-hybridized carbons (Fsp3) is 0.158. The number of alkyl halides is 3. The third kappa shape index (κ3) is 5.26. The average Bonchev–Trinajstić information content (AvgIpc) is 3.06. The van der Waals surface area contributed by atoms with Crippen molar-refractivity contribution < 1.29 is 27.1 Å². The van der Waals surface area contributed by atoms with Crippen molar-refractivity contribution in [1.82, 2.24) is 15.1 Å². The Balaban J connectivity index is 1.71. The zero-order valence-corrected chi connectivity index (χ0v) is 15.5. The summed E-state index contributed by atoms with van der Waals surface area (Å²) in [6.07, 6.45) is -4.82. The van der Waals surface area contributed by atoms with Crippen LogP contribution in [0.4, 0.5) is 22.4 Å². The monoisotopic (exact) mass is 427 g/mol. The molecule has 0 radical (unpaired) electrons. The smallest absolute Gasteiger partial charge is 0.406 e. The molecule has 3 aromatic rings. The van der Waals surface area contributed by atoms with E-state index in [0.29, 0.717) is 15.3 Å². The molecule has 0 aliphatic carbocycles. The standard InChI is InChI=1S/C19H14ClF4N3O2/c20-13-4-6-15(7-5-13)27-17(19(22,23)24)16(11-26-27)29-18(28)25-9-8-12-2-1-3-14(21)10-12/h1-7,10-11H,8-9H2,(H,25,28). The summed E-state index contributed by atoms with van der Waals surface area (Å²) in [5.41, 5.74) is -0.514. The fourth-order valence-corrected chi connectivity index (χ4v) is 2.71. The number of halogens is 5. The van der Waals surface area contributed by atoms with Crippen LogP contribution in [0, 0.1) is 5.82 Å². The number of benzene rings is 2. The van der Waals surface area contributed by atoms with Gasteiger partial charge in [0, 0.05) is 11.6 Å². The van der Waals surface area contributed by atoms with Gasteiger partial charge in [-0.3, -0.25) is 0 Å². The topological polar surface area (TPSA) is 56.1 Å². The third-order valence-electron chi connectivity index (χ3n) is 3.85. The van der Waals surface area contributed by atoms with Gasteiger partial charge in [0.1, 0.15) is 5.82 Å². The second-order valence-electron chi connectivity index (χ2n) is 5.94. The van der Waals surface area contributed by atoms with Crippen LogP contribution in [0.5, 0.6) is 5.75 Å². The van der Waals surface area contributed by atoms with Crippen molar-refractivity contribution in [3.05, 3.63) is 76.8 Å². The molecule has 0 bridgehead atoms. The van der Waals surface area contributed by atoms with Gasteiger partial charge >= 0.3 is 12.3 Å². The number of ether oxygens (including phenoxy) is 1. The lowest BCUT2D eigenvalue weighted by molar-refractivity contribution is -0.143. The number of hydrogen-bond acceptors (Lipinski definition) is 3. The molecule has 152 valence electrons. The molecule has 1 aromatic heterocycles. The number of aromatic nitrogens is 2. The van der Waals surface area contributed by atoms with Crippen LogP contribution in [0.25, 0.3) is 5.69 Å². The van der Waals surface area contributed by atoms with Gasteiger partial charge in [-0.25, -0.2) is 13.9 Å². The van der Waals surface area contributed by atoms with Gasteiger partial charge in [-0.15, -0.1) is 0 Å². The first-order chi connectivity index (χ1) is 13.7. The quantitative estimate of drug-likeness (QED) is 0.582. The minimum Gasteiger partial charge on any atom is -0.406 e. The van der Waals surface area contributed by atoms with Gasteiger partial charge in [0.25, 0.3) is 0 Å². The van der Waals surface area contributed by atoms with Crippen LogP contribution < -0.4 is 10.1 Å². The van der Waals surface area contributed by atoms with E-state index in [1.165, 1.54) is 42.5 Å². The van der Waals surface area contributed by atoms with E-state index in [-0.39, 0.29) is 18.7 Å². The molecule has 0 fully saturated rings. The molecule has 2 aromatic carbocycles. The molecular formula is C19H14ClF4N3O2. The summed E-state index contributed by atoms with van der Waals surface area (Å²) >= 11 is 5.75. The van der Waals surface area contributed by atoms with E-state index in [0.717, 1.165) is 6.20 Å². The van der Waals surface area contributed by atoms with Crippen molar-refractivity contribution >= 4 is 17.7 Å². The number of carbonyl (C=O) groups excluding carboxylic acids is 1. The van der Waals surface area contributed by atoms with Crippen molar-refractivity contribution in [3.8, 4) is 11.4 Å². The highest BCUT2D eigenvalue weighted by molar-refractivity contribution is 6.30. The third-order valence-corrected chi connectivity index (χ3v) is 4.10. The number of amides is 1. The van der Waals surface area contributed by atoms with E-state index in [1.54, 1.807) is 6.07 Å². The zero-order valence-electron chi connectivity index (χ0n) is 14.7. The summed E-state index contributed by atoms with van der Waals surface area (Å²) < 4.78 is 59.2. The van der Waals surface area contributed by atoms with Gasteiger partial charge in [0.05, 0.1) is 11.9 Å². The maximum absolute atomic E-state index is 13.5. The van der Waals surface area contributed by atoms with Gasteiger partial charge < -0.3 is 10.1 Å². The summed E-state index contributed by atoms with van der Waals surface area (Å²) in [7, 11) is 0. The van der Waals surface area contributed by atoms with Gasteiger partial charge in [0.2, 0.25) is 0 Å². The molecular weight excluding hydrogens is 414 g/mol. The lowest BCUT2D eigenvalue weighted by atomic mass is 10.1. The Hall–Kier alpha value is -3.07. The van der Waals surface area contributed by atoms with E-state index < -0.39 is 29.5 Å². The molecule has 0 aliphatic heterocycles. The lowest BCUT2D eigenvalue weighted by Gasteiger charge is -2.13. The van der Waals surface area contributed by atoms with E-state index in [9.17, 15) is 22.4 Å². The minimum absolute atomic E-state index is 0.0506. The molecule has 1 heterocycles. The summed E-state index contributed by atoms with van der Waals surface area (Å²) in [5.74, 6) is -1.16. The van der Waals surface area contributed by atoms with Gasteiger partial charge in [0.15, 0.2) is 11.4 Å². The van der Waals surface area contributed by atoms with Crippen molar-refractivity contribution in [1.29, 1.82) is 0 Å². The molecule has 0 unspecified atom stereocenters. The normalized spacial score (nSPS) is 11.3. The molecule has 29 heavy (non-hydrogen) atoms. The Labute approximate surface area is 167 Å². The molecule has 0 aliphatic rings. The number of nitrogens with one attached hydrogen (secondary N) is 1. The molecule has 5 nitrogen and oxygen atoms in total. The fourth-order valence-electron chi connectivity index (χ4n) is 2.58. The van der Waals surface area contributed by atoms with Crippen LogP contribution in [0.2, 0.25) is 5.02 Å². The maximum Gasteiger partial charge on any atom is 0.437 e. The lowest BCUT2D eigenvalue weighted by Crippen LogP contribution is -2.29. The number of carbonyl (C=O) groups is 1. The van der Waals surface area contributed by atoms with E-state index in [1.807, 2.05) is 0 Å². The van der Waals surface area contributed by atoms with E-state index in [4.69, 9.17) is 16.3 Å². The van der Waals surface area contributed by atoms with Gasteiger partial charge in [-0.05, 0) is 48.4 Å². The summed E-state index contributed by atoms with van der Waals surface area (Å²) in [5, 5.41) is 6.36. The van der Waals surface area contributed by atoms with Crippen LogP contribution in [0.1, 0.15) is 11.3 Å². The molecule has 0 atom stereocenters. The first-order valence-corrected chi connectivity index (χ1v) is 8.73. The van der Waals surface area contributed by atoms with Crippen LogP contribution in [0.3, 0.4) is 0 Å². The van der Waals surface area contributed by atoms with Gasteiger partial charge in [-0.1, -0.05) is 23.7 Å². The van der Waals surface area contributed by atoms with Crippen LogP contribution >= 0.6 is 11.6 Å². The second kappa shape index (κ2) is 8.52. The predicted molar refractivity (Wildman–Crippen MR) is 97.7 cm³/mol. The van der Waals surface area contributed by atoms with Crippen molar-refractivity contribution in [2.45, 2.75) is 12.6 Å². The number of rotatable bonds is 5. The Morgan fingerprint density at radius 3 is 2.55 bits per heavy atom. The van der Waals surface area contributed by atoms with E-state index >= 15 is 0 Å². The second-order valence-corrected chi connectivity index (χ2v) is 6.38. The summed E-state index contributed by atoms with van der Waals surface area (Å²) in [6.45, 7) is 0.0506. The summed E-state index contributed by atoms with van der Waals surface area (Å²) in [6, 6.07) is 11.3. The largest absolute Gasteiger partial charge is 0.437 e. The maximum atomic E-state index is 13.5. The Bertz CT molecular complexity index is 1000. The number of hydrogen-bond donors (Lipinski definition) is 1. The zero-order chi connectivity index (χ0) is 21.0. The van der Waals surface area contributed by atoms with E-state index in [2.05, 4.69) is 10.4 Å². The van der Waals surface area contributed by atoms with Crippen molar-refractivity contribution in [3.63, 3.8) is 0 Å². The van der Waals surface area contributed by atoms with Crippen LogP contribution in [-0.2, 0) is 12.6 Å². The molecule has 10 heteroatoms. The first kappa shape index (κ1) is 20.7. The van der Waals surface area contributed by atoms with Crippen LogP contribution in [-0.4, -0.2) is 22.4 Å². The molecule has 1 amide bonds. The molecule has 1 N–H and O–H groups in total. The average molecular weight is 428 g/mol. The van der Waals surface area contributed by atoms with Crippen molar-refractivity contribution in [2.24, 2.45) is 0 Å². The highest BCUT2D eigenvalue weighted by atomic mass is 35.5. The molecule has 3 rings (SSSR count). The SMILES string of the molecule is O=C(NCCc1cccc(F)c1)Oc1cnn(-c2ccc(Cl)cc2)c1C(F)(F)F. The predicted octanol–water partition coefficient (Wildman–Crippen LogP) is 5.01. The Morgan fingerprint density at radius 2 is 1.90 bits per heavy atom. The Kier molecular flexibility index (Phi) is 6.07. The number of nitrogens with zero attached hydrogens (tertiary/aromatic N) is 2. The summed E-state index contributed by atoms with van der Waals surface area (Å²) in [4.78, 5) is 11.9. The highest BCUT2D eigenvalue weighted by Crippen LogP contribution is 2.37. The molecule has 0 saturated heterocycles. The minimum atomic E-state index is -4.83. The van der Waals surface area contributed by atoms with Crippen LogP contribution in [0.15, 0.2) is 54.7 Å². The highest BCUT2D eigenvalue weighted by Gasteiger charge is 2.40. The van der Waals surface area contributed by atoms with Gasteiger partial charge in [-0.2, -0.15) is 18.3 Å².